The number of phenols is 1. The molecule has 1 aliphatic heterocycles. The highest BCUT2D eigenvalue weighted by Gasteiger charge is 2.38. The standard InChI is InChI=1S/C19H21N7O2.2C2HF3O2/c1-20-13-5-6-26(10-13)19-21-9-16(24-25-19)14-4-3-12(7-17(14)27)15-8-18(28-2)23-11-22-15;2*3-2(4,5)1(6)7/h3-4,7-9,11,13,20,27H,5-6,10H2,1-2H3;2*(H,6,7). The molecule has 13 nitrogen and oxygen atoms in total. The van der Waals surface area contributed by atoms with Crippen molar-refractivity contribution in [2.24, 2.45) is 0 Å². The van der Waals surface area contributed by atoms with E-state index in [-0.39, 0.29) is 5.75 Å². The van der Waals surface area contributed by atoms with Crippen LogP contribution in [0.5, 0.6) is 11.6 Å². The van der Waals surface area contributed by atoms with Crippen molar-refractivity contribution in [3.05, 3.63) is 36.8 Å². The SMILES string of the molecule is CNC1CCN(c2ncc(-c3ccc(-c4cc(OC)ncn4)cc3O)nn2)C1.O=C(O)C(F)(F)F.O=C(O)C(F)(F)F. The molecule has 19 heteroatoms. The number of likely N-dealkylation sites (N-methyl/N-ethyl adjacent to an activating group) is 1. The van der Waals surface area contributed by atoms with Crippen molar-refractivity contribution < 1.29 is 56.0 Å². The minimum absolute atomic E-state index is 0.0790. The first-order valence-corrected chi connectivity index (χ1v) is 11.5. The summed E-state index contributed by atoms with van der Waals surface area (Å²) in [5.41, 5.74) is 2.47. The number of aromatic hydroxyl groups is 1. The molecule has 228 valence electrons. The van der Waals surface area contributed by atoms with Gasteiger partial charge in [0.1, 0.15) is 17.8 Å². The molecule has 1 aromatic carbocycles. The Labute approximate surface area is 232 Å². The van der Waals surface area contributed by atoms with Crippen LogP contribution in [0.4, 0.5) is 32.3 Å². The number of carboxylic acid groups (broad SMARTS) is 2. The average Bonchev–Trinajstić information content (AvgIpc) is 3.42. The highest BCUT2D eigenvalue weighted by atomic mass is 19.4. The van der Waals surface area contributed by atoms with E-state index in [1.807, 2.05) is 13.1 Å². The predicted molar refractivity (Wildman–Crippen MR) is 132 cm³/mol. The van der Waals surface area contributed by atoms with Crippen LogP contribution in [0.3, 0.4) is 0 Å². The first-order valence-electron chi connectivity index (χ1n) is 11.5. The number of nitrogens with one attached hydrogen (secondary N) is 1. The smallest absolute Gasteiger partial charge is 0.490 e. The van der Waals surface area contributed by atoms with Crippen LogP contribution < -0.4 is 15.0 Å². The number of aromatic nitrogens is 5. The Balaban J connectivity index is 0.000000367. The number of nitrogens with zero attached hydrogens (tertiary/aromatic N) is 6. The maximum atomic E-state index is 10.6. The zero-order valence-electron chi connectivity index (χ0n) is 21.7. The summed E-state index contributed by atoms with van der Waals surface area (Å²) < 4.78 is 68.6. The lowest BCUT2D eigenvalue weighted by Crippen LogP contribution is -2.30. The minimum atomic E-state index is -5.08. The second-order valence-corrected chi connectivity index (χ2v) is 8.15. The summed E-state index contributed by atoms with van der Waals surface area (Å²) in [6, 6.07) is 7.41. The van der Waals surface area contributed by atoms with Crippen molar-refractivity contribution in [3.8, 4) is 34.1 Å². The summed E-state index contributed by atoms with van der Waals surface area (Å²) >= 11 is 0. The normalized spacial score (nSPS) is 14.7. The van der Waals surface area contributed by atoms with Gasteiger partial charge in [-0.25, -0.2) is 24.5 Å². The van der Waals surface area contributed by atoms with Crippen LogP contribution in [0, 0.1) is 0 Å². The van der Waals surface area contributed by atoms with E-state index < -0.39 is 24.3 Å². The van der Waals surface area contributed by atoms with Crippen molar-refractivity contribution >= 4 is 17.9 Å². The van der Waals surface area contributed by atoms with Crippen molar-refractivity contribution in [2.75, 3.05) is 32.1 Å². The number of halogens is 6. The van der Waals surface area contributed by atoms with Gasteiger partial charge in [-0.3, -0.25) is 0 Å². The average molecular weight is 607 g/mol. The lowest BCUT2D eigenvalue weighted by Gasteiger charge is -2.15. The van der Waals surface area contributed by atoms with Crippen molar-refractivity contribution in [1.82, 2.24) is 30.5 Å². The van der Waals surface area contributed by atoms with E-state index >= 15 is 0 Å². The molecule has 2 aromatic heterocycles. The van der Waals surface area contributed by atoms with Gasteiger partial charge in [0, 0.05) is 36.3 Å². The Hall–Kier alpha value is -4.81. The van der Waals surface area contributed by atoms with Crippen molar-refractivity contribution in [3.63, 3.8) is 0 Å². The number of rotatable bonds is 5. The number of ether oxygens (including phenoxy) is 1. The van der Waals surface area contributed by atoms with Crippen molar-refractivity contribution in [2.45, 2.75) is 24.8 Å². The number of hydrogen-bond donors (Lipinski definition) is 4. The van der Waals surface area contributed by atoms with Crippen molar-refractivity contribution in [1.29, 1.82) is 0 Å². The summed E-state index contributed by atoms with van der Waals surface area (Å²) in [4.78, 5) is 32.5. The summed E-state index contributed by atoms with van der Waals surface area (Å²) in [5, 5.41) is 36.5. The van der Waals surface area contributed by atoms with Gasteiger partial charge in [0.15, 0.2) is 0 Å². The number of carbonyl (C=O) groups is 2. The summed E-state index contributed by atoms with van der Waals surface area (Å²) in [7, 11) is 3.50. The van der Waals surface area contributed by atoms with Gasteiger partial charge in [0.05, 0.1) is 19.0 Å². The molecule has 0 bridgehead atoms. The van der Waals surface area contributed by atoms with E-state index in [0.717, 1.165) is 25.1 Å². The van der Waals surface area contributed by atoms with Gasteiger partial charge in [0.25, 0.3) is 0 Å². The molecule has 4 rings (SSSR count). The molecular formula is C23H23F6N7O6. The zero-order chi connectivity index (χ0) is 31.7. The third kappa shape index (κ3) is 9.68. The second-order valence-electron chi connectivity index (χ2n) is 8.15. The number of phenolic OH excluding ortho intramolecular Hbond substituents is 1. The van der Waals surface area contributed by atoms with Gasteiger partial charge in [-0.05, 0) is 25.6 Å². The number of anilines is 1. The number of aliphatic carboxylic acids is 2. The molecule has 1 saturated heterocycles. The molecule has 1 atom stereocenters. The van der Waals surface area contributed by atoms with Crippen LogP contribution in [-0.4, -0.2) is 98.0 Å². The summed E-state index contributed by atoms with van der Waals surface area (Å²) in [6.45, 7) is 1.76. The van der Waals surface area contributed by atoms with Gasteiger partial charge < -0.3 is 30.3 Å². The quantitative estimate of drug-likeness (QED) is 0.311. The molecule has 0 spiro atoms. The molecule has 0 radical (unpaired) electrons. The number of hydrogen-bond acceptors (Lipinski definition) is 11. The van der Waals surface area contributed by atoms with Crippen LogP contribution >= 0.6 is 0 Å². The Kier molecular flexibility index (Phi) is 11.3. The lowest BCUT2D eigenvalue weighted by atomic mass is 10.1. The van der Waals surface area contributed by atoms with Gasteiger partial charge in [-0.2, -0.15) is 26.3 Å². The summed E-state index contributed by atoms with van der Waals surface area (Å²) in [6.07, 6.45) is -6.06. The van der Waals surface area contributed by atoms with Crippen LogP contribution in [0.2, 0.25) is 0 Å². The van der Waals surface area contributed by atoms with Gasteiger partial charge >= 0.3 is 24.3 Å². The number of carboxylic acids is 2. The third-order valence-corrected chi connectivity index (χ3v) is 5.33. The fourth-order valence-electron chi connectivity index (χ4n) is 3.23. The fraction of sp³-hybridized carbons (Fsp3) is 0.348. The highest BCUT2D eigenvalue weighted by molar-refractivity contribution is 5.74. The third-order valence-electron chi connectivity index (χ3n) is 5.33. The first-order chi connectivity index (χ1) is 19.6. The fourth-order valence-corrected chi connectivity index (χ4v) is 3.23. The second kappa shape index (κ2) is 14.2. The van der Waals surface area contributed by atoms with E-state index in [0.29, 0.717) is 34.8 Å². The summed E-state index contributed by atoms with van der Waals surface area (Å²) in [5.74, 6) is -4.37. The Morgan fingerprint density at radius 3 is 2.05 bits per heavy atom. The van der Waals surface area contributed by atoms with E-state index in [1.54, 1.807) is 31.5 Å². The monoisotopic (exact) mass is 607 g/mol. The molecule has 42 heavy (non-hydrogen) atoms. The van der Waals surface area contributed by atoms with Crippen LogP contribution in [-0.2, 0) is 9.59 Å². The van der Waals surface area contributed by atoms with Crippen LogP contribution in [0.1, 0.15) is 6.42 Å². The van der Waals surface area contributed by atoms with E-state index in [9.17, 15) is 31.4 Å². The Morgan fingerprint density at radius 1 is 0.976 bits per heavy atom. The highest BCUT2D eigenvalue weighted by Crippen LogP contribution is 2.32. The lowest BCUT2D eigenvalue weighted by molar-refractivity contribution is -0.193. The van der Waals surface area contributed by atoms with Crippen LogP contribution in [0.25, 0.3) is 22.5 Å². The molecule has 0 amide bonds. The predicted octanol–water partition coefficient (Wildman–Crippen LogP) is 2.77. The van der Waals surface area contributed by atoms with Crippen LogP contribution in [0.15, 0.2) is 36.8 Å². The first kappa shape index (κ1) is 33.4. The van der Waals surface area contributed by atoms with Gasteiger partial charge in [-0.15, -0.1) is 10.2 Å². The number of methoxy groups -OCH3 is 1. The molecule has 1 fully saturated rings. The minimum Gasteiger partial charge on any atom is -0.507 e. The largest absolute Gasteiger partial charge is 0.507 e. The molecule has 1 unspecified atom stereocenters. The molecule has 0 aliphatic carbocycles. The number of benzene rings is 1. The number of alkyl halides is 6. The molecule has 1 aliphatic rings. The van der Waals surface area contributed by atoms with Gasteiger partial charge in [-0.1, -0.05) is 6.07 Å². The van der Waals surface area contributed by atoms with Gasteiger partial charge in [0.2, 0.25) is 11.8 Å². The van der Waals surface area contributed by atoms with E-state index in [1.165, 1.54) is 6.33 Å². The Bertz CT molecular complexity index is 1330. The maximum absolute atomic E-state index is 10.6. The molecule has 0 saturated carbocycles. The maximum Gasteiger partial charge on any atom is 0.490 e. The zero-order valence-corrected chi connectivity index (χ0v) is 21.7. The van der Waals surface area contributed by atoms with E-state index in [2.05, 4.69) is 35.4 Å². The molecule has 3 aromatic rings. The molecular weight excluding hydrogens is 584 g/mol. The Morgan fingerprint density at radius 2 is 1.60 bits per heavy atom. The molecule has 4 N–H and O–H groups in total. The van der Waals surface area contributed by atoms with E-state index in [4.69, 9.17) is 24.5 Å². The molecule has 3 heterocycles. The topological polar surface area (TPSA) is 184 Å².